The van der Waals surface area contributed by atoms with E-state index in [2.05, 4.69) is 5.32 Å². The third-order valence-electron chi connectivity index (χ3n) is 3.19. The number of anilines is 1. The van der Waals surface area contributed by atoms with Crippen molar-refractivity contribution in [3.05, 3.63) is 29.8 Å². The monoisotopic (exact) mass is 317 g/mol. The van der Waals surface area contributed by atoms with E-state index < -0.39 is 11.7 Å². The third-order valence-corrected chi connectivity index (χ3v) is 3.55. The van der Waals surface area contributed by atoms with Crippen LogP contribution in [0.15, 0.2) is 24.3 Å². The predicted molar refractivity (Wildman–Crippen MR) is 76.9 cm³/mol. The van der Waals surface area contributed by atoms with Crippen molar-refractivity contribution in [2.75, 3.05) is 31.5 Å². The number of hydrogen-bond donors (Lipinski definition) is 1. The lowest BCUT2D eigenvalue weighted by Gasteiger charge is -2.34. The van der Waals surface area contributed by atoms with Gasteiger partial charge in [-0.1, -0.05) is 6.07 Å². The molecule has 1 amide bonds. The number of nitrogens with one attached hydrogen (secondary N) is 1. The molecule has 0 saturated carbocycles. The van der Waals surface area contributed by atoms with E-state index in [0.29, 0.717) is 37.0 Å². The molecule has 8 heteroatoms. The van der Waals surface area contributed by atoms with Crippen LogP contribution in [0.3, 0.4) is 0 Å². The Labute approximate surface area is 125 Å². The average Bonchev–Trinajstić information content (AvgIpc) is 2.47. The fraction of sp³-hybridized carbons (Fsp3) is 0.385. The van der Waals surface area contributed by atoms with Gasteiger partial charge in [0.2, 0.25) is 6.41 Å². The molecular formula is C13H14F3N3OS. The number of halogens is 3. The summed E-state index contributed by atoms with van der Waals surface area (Å²) in [6, 6.07) is 4.90. The lowest BCUT2D eigenvalue weighted by molar-refractivity contribution is -0.137. The summed E-state index contributed by atoms with van der Waals surface area (Å²) in [5.74, 6) is 0. The Morgan fingerprint density at radius 3 is 2.48 bits per heavy atom. The van der Waals surface area contributed by atoms with Gasteiger partial charge in [0.1, 0.15) is 0 Å². The average molecular weight is 317 g/mol. The Morgan fingerprint density at radius 1 is 1.24 bits per heavy atom. The second-order valence-electron chi connectivity index (χ2n) is 4.64. The molecule has 0 radical (unpaired) electrons. The van der Waals surface area contributed by atoms with Crippen LogP contribution in [0.2, 0.25) is 0 Å². The molecule has 1 aromatic carbocycles. The van der Waals surface area contributed by atoms with Gasteiger partial charge < -0.3 is 15.1 Å². The lowest BCUT2D eigenvalue weighted by atomic mass is 10.2. The van der Waals surface area contributed by atoms with Crippen molar-refractivity contribution in [3.63, 3.8) is 0 Å². The first-order valence-corrected chi connectivity index (χ1v) is 6.73. The topological polar surface area (TPSA) is 35.6 Å². The maximum absolute atomic E-state index is 12.6. The van der Waals surface area contributed by atoms with Crippen molar-refractivity contribution in [2.24, 2.45) is 0 Å². The minimum Gasteiger partial charge on any atom is -0.345 e. The van der Waals surface area contributed by atoms with E-state index in [1.54, 1.807) is 4.90 Å². The third kappa shape index (κ3) is 4.07. The highest BCUT2D eigenvalue weighted by Gasteiger charge is 2.30. The number of piperazine rings is 1. The van der Waals surface area contributed by atoms with Crippen molar-refractivity contribution in [1.29, 1.82) is 0 Å². The Balaban J connectivity index is 1.99. The Kier molecular flexibility index (Phi) is 4.66. The fourth-order valence-electron chi connectivity index (χ4n) is 2.01. The fourth-order valence-corrected chi connectivity index (χ4v) is 2.31. The number of thiocarbonyl (C=S) groups is 1. The summed E-state index contributed by atoms with van der Waals surface area (Å²) >= 11 is 5.19. The summed E-state index contributed by atoms with van der Waals surface area (Å²) in [6.45, 7) is 2.22. The van der Waals surface area contributed by atoms with Crippen LogP contribution in [0.25, 0.3) is 0 Å². The molecule has 0 aliphatic carbocycles. The zero-order valence-electron chi connectivity index (χ0n) is 11.1. The van der Waals surface area contributed by atoms with E-state index >= 15 is 0 Å². The quantitative estimate of drug-likeness (QED) is 0.670. The highest BCUT2D eigenvalue weighted by Crippen LogP contribution is 2.30. The summed E-state index contributed by atoms with van der Waals surface area (Å²) in [5.41, 5.74) is -0.422. The van der Waals surface area contributed by atoms with Gasteiger partial charge in [-0.15, -0.1) is 0 Å². The van der Waals surface area contributed by atoms with Crippen LogP contribution in [-0.4, -0.2) is 47.5 Å². The van der Waals surface area contributed by atoms with E-state index in [1.807, 2.05) is 4.90 Å². The number of nitrogens with zero attached hydrogens (tertiary/aromatic N) is 2. The number of carbonyl (C=O) groups is 1. The minimum atomic E-state index is -4.38. The van der Waals surface area contributed by atoms with Crippen LogP contribution >= 0.6 is 12.2 Å². The maximum Gasteiger partial charge on any atom is 0.416 e. The largest absolute Gasteiger partial charge is 0.416 e. The number of hydrogen-bond acceptors (Lipinski definition) is 2. The minimum absolute atomic E-state index is 0.299. The molecule has 21 heavy (non-hydrogen) atoms. The van der Waals surface area contributed by atoms with E-state index in [9.17, 15) is 18.0 Å². The lowest BCUT2D eigenvalue weighted by Crippen LogP contribution is -2.49. The highest BCUT2D eigenvalue weighted by molar-refractivity contribution is 7.80. The van der Waals surface area contributed by atoms with E-state index in [1.165, 1.54) is 12.1 Å². The zero-order chi connectivity index (χ0) is 15.5. The van der Waals surface area contributed by atoms with Gasteiger partial charge in [0.05, 0.1) is 5.56 Å². The van der Waals surface area contributed by atoms with Gasteiger partial charge in [0.15, 0.2) is 5.11 Å². The van der Waals surface area contributed by atoms with Crippen molar-refractivity contribution in [2.45, 2.75) is 6.18 Å². The van der Waals surface area contributed by atoms with Gasteiger partial charge in [-0.2, -0.15) is 13.2 Å². The standard InChI is InChI=1S/C13H14F3N3OS/c14-13(15,16)10-2-1-3-11(8-10)17-12(21)19-6-4-18(9-20)5-7-19/h1-3,8-9H,4-7H2,(H,17,21). The van der Waals surface area contributed by atoms with Gasteiger partial charge in [-0.3, -0.25) is 4.79 Å². The normalized spacial score (nSPS) is 15.8. The Bertz CT molecular complexity index is 528. The van der Waals surface area contributed by atoms with Gasteiger partial charge in [0, 0.05) is 31.9 Å². The summed E-state index contributed by atoms with van der Waals surface area (Å²) in [5, 5.41) is 3.17. The molecule has 1 fully saturated rings. The predicted octanol–water partition coefficient (Wildman–Crippen LogP) is 2.18. The molecule has 1 aromatic rings. The molecule has 0 aromatic heterocycles. The Hall–Kier alpha value is -1.83. The van der Waals surface area contributed by atoms with Crippen molar-refractivity contribution in [3.8, 4) is 0 Å². The van der Waals surface area contributed by atoms with Gasteiger partial charge in [-0.25, -0.2) is 0 Å². The molecule has 1 saturated heterocycles. The Morgan fingerprint density at radius 2 is 1.90 bits per heavy atom. The second-order valence-corrected chi connectivity index (χ2v) is 5.02. The summed E-state index contributed by atoms with van der Waals surface area (Å²) in [4.78, 5) is 14.1. The highest BCUT2D eigenvalue weighted by atomic mass is 32.1. The summed E-state index contributed by atoms with van der Waals surface area (Å²) < 4.78 is 37.9. The summed E-state index contributed by atoms with van der Waals surface area (Å²) in [6.07, 6.45) is -3.60. The van der Waals surface area contributed by atoms with Crippen molar-refractivity contribution in [1.82, 2.24) is 9.80 Å². The van der Waals surface area contributed by atoms with Gasteiger partial charge in [0.25, 0.3) is 0 Å². The van der Waals surface area contributed by atoms with E-state index in [-0.39, 0.29) is 0 Å². The molecule has 0 spiro atoms. The van der Waals surface area contributed by atoms with E-state index in [0.717, 1.165) is 18.5 Å². The molecule has 0 atom stereocenters. The first kappa shape index (κ1) is 15.6. The molecule has 2 rings (SSSR count). The molecule has 0 unspecified atom stereocenters. The number of alkyl halides is 3. The molecule has 114 valence electrons. The maximum atomic E-state index is 12.6. The van der Waals surface area contributed by atoms with E-state index in [4.69, 9.17) is 12.2 Å². The van der Waals surface area contributed by atoms with Crippen LogP contribution < -0.4 is 5.32 Å². The van der Waals surface area contributed by atoms with Crippen LogP contribution in [0, 0.1) is 0 Å². The van der Waals surface area contributed by atoms with Crippen LogP contribution in [0.1, 0.15) is 5.56 Å². The van der Waals surface area contributed by atoms with Crippen LogP contribution in [0.4, 0.5) is 18.9 Å². The van der Waals surface area contributed by atoms with Crippen LogP contribution in [-0.2, 0) is 11.0 Å². The van der Waals surface area contributed by atoms with Gasteiger partial charge >= 0.3 is 6.18 Å². The molecule has 1 aliphatic heterocycles. The summed E-state index contributed by atoms with van der Waals surface area (Å²) in [7, 11) is 0. The van der Waals surface area contributed by atoms with Crippen molar-refractivity contribution >= 4 is 29.4 Å². The van der Waals surface area contributed by atoms with Crippen molar-refractivity contribution < 1.29 is 18.0 Å². The first-order valence-electron chi connectivity index (χ1n) is 6.32. The van der Waals surface area contributed by atoms with Crippen LogP contribution in [0.5, 0.6) is 0 Å². The molecule has 4 nitrogen and oxygen atoms in total. The zero-order valence-corrected chi connectivity index (χ0v) is 11.9. The molecular weight excluding hydrogens is 303 g/mol. The smallest absolute Gasteiger partial charge is 0.345 e. The number of benzene rings is 1. The molecule has 0 bridgehead atoms. The van der Waals surface area contributed by atoms with Gasteiger partial charge in [-0.05, 0) is 30.4 Å². The molecule has 1 aliphatic rings. The molecule has 1 N–H and O–H groups in total. The molecule has 1 heterocycles. The second kappa shape index (κ2) is 6.30. The first-order chi connectivity index (χ1) is 9.90. The number of amides is 1. The number of rotatable bonds is 2. The number of carbonyl (C=O) groups excluding carboxylic acids is 1. The SMILES string of the molecule is O=CN1CCN(C(=S)Nc2cccc(C(F)(F)F)c2)CC1.